The lowest BCUT2D eigenvalue weighted by Crippen LogP contribution is -2.45. The molecule has 0 bridgehead atoms. The van der Waals surface area contributed by atoms with Crippen molar-refractivity contribution in [3.05, 3.63) is 58.1 Å². The molecule has 3 rings (SSSR count). The molecule has 5 heteroatoms. The molecule has 0 unspecified atom stereocenters. The van der Waals surface area contributed by atoms with E-state index >= 15 is 0 Å². The van der Waals surface area contributed by atoms with Crippen LogP contribution in [0.4, 0.5) is 0 Å². The fraction of sp³-hybridized carbons (Fsp3) is 0.263. The maximum absolute atomic E-state index is 12.9. The van der Waals surface area contributed by atoms with Crippen LogP contribution in [-0.2, 0) is 10.2 Å². The van der Waals surface area contributed by atoms with Gasteiger partial charge in [-0.05, 0) is 42.7 Å². The third-order valence-electron chi connectivity index (χ3n) is 4.49. The van der Waals surface area contributed by atoms with Crippen molar-refractivity contribution in [1.29, 1.82) is 5.26 Å². The van der Waals surface area contributed by atoms with E-state index in [1.165, 1.54) is 7.11 Å². The molecule has 24 heavy (non-hydrogen) atoms. The Morgan fingerprint density at radius 2 is 1.88 bits per heavy atom. The molecule has 0 aliphatic heterocycles. The van der Waals surface area contributed by atoms with Gasteiger partial charge in [0.15, 0.2) is 11.5 Å². The van der Waals surface area contributed by atoms with Crippen molar-refractivity contribution in [3.63, 3.8) is 0 Å². The van der Waals surface area contributed by atoms with Crippen LogP contribution >= 0.6 is 15.9 Å². The summed E-state index contributed by atoms with van der Waals surface area (Å²) in [6.07, 6.45) is 2.54. The van der Waals surface area contributed by atoms with Gasteiger partial charge in [0.1, 0.15) is 0 Å². The van der Waals surface area contributed by atoms with E-state index in [0.29, 0.717) is 17.1 Å². The third-order valence-corrected chi connectivity index (χ3v) is 5.02. The number of carbonyl (C=O) groups is 1. The number of carbonyl (C=O) groups excluding carboxylic acids is 1. The minimum absolute atomic E-state index is 0.279. The van der Waals surface area contributed by atoms with Gasteiger partial charge >= 0.3 is 5.97 Å². The minimum atomic E-state index is -0.598. The van der Waals surface area contributed by atoms with Gasteiger partial charge in [-0.1, -0.05) is 34.5 Å². The molecule has 0 heterocycles. The highest BCUT2D eigenvalue weighted by Crippen LogP contribution is 2.45. The molecule has 0 amide bonds. The molecule has 4 nitrogen and oxygen atoms in total. The van der Waals surface area contributed by atoms with Gasteiger partial charge in [-0.2, -0.15) is 5.26 Å². The molecule has 0 aromatic heterocycles. The number of halogens is 1. The lowest BCUT2D eigenvalue weighted by molar-refractivity contribution is -0.144. The zero-order chi connectivity index (χ0) is 17.2. The van der Waals surface area contributed by atoms with Crippen LogP contribution in [0.25, 0.3) is 0 Å². The number of esters is 1. The van der Waals surface area contributed by atoms with Crippen molar-refractivity contribution >= 4 is 21.9 Å². The zero-order valence-corrected chi connectivity index (χ0v) is 14.8. The molecule has 2 aromatic carbocycles. The largest absolute Gasteiger partial charge is 0.493 e. The Hall–Kier alpha value is -2.32. The van der Waals surface area contributed by atoms with Crippen LogP contribution in [0.15, 0.2) is 46.9 Å². The van der Waals surface area contributed by atoms with Crippen molar-refractivity contribution < 1.29 is 14.3 Å². The molecule has 1 aliphatic rings. The first-order chi connectivity index (χ1) is 11.6. The average Bonchev–Trinajstić information content (AvgIpc) is 2.56. The minimum Gasteiger partial charge on any atom is -0.493 e. The summed E-state index contributed by atoms with van der Waals surface area (Å²) >= 11 is 3.42. The number of benzene rings is 2. The summed E-state index contributed by atoms with van der Waals surface area (Å²) in [5, 5.41) is 8.96. The quantitative estimate of drug-likeness (QED) is 0.579. The number of rotatable bonds is 4. The van der Waals surface area contributed by atoms with Crippen molar-refractivity contribution in [3.8, 4) is 17.6 Å². The van der Waals surface area contributed by atoms with E-state index in [-0.39, 0.29) is 5.97 Å². The van der Waals surface area contributed by atoms with Crippen LogP contribution in [-0.4, -0.2) is 13.1 Å². The summed E-state index contributed by atoms with van der Waals surface area (Å²) < 4.78 is 11.9. The lowest BCUT2D eigenvalue weighted by Gasteiger charge is -2.39. The van der Waals surface area contributed by atoms with E-state index in [1.807, 2.05) is 30.3 Å². The average molecular weight is 386 g/mol. The highest BCUT2D eigenvalue weighted by Gasteiger charge is 2.47. The Kier molecular flexibility index (Phi) is 4.59. The molecule has 0 radical (unpaired) electrons. The second-order valence-electron chi connectivity index (χ2n) is 5.81. The number of nitrogens with zero attached hydrogens (tertiary/aromatic N) is 1. The summed E-state index contributed by atoms with van der Waals surface area (Å²) in [7, 11) is 1.49. The summed E-state index contributed by atoms with van der Waals surface area (Å²) in [6, 6.07) is 14.6. The zero-order valence-electron chi connectivity index (χ0n) is 13.2. The summed E-state index contributed by atoms with van der Waals surface area (Å²) in [6.45, 7) is 0. The summed E-state index contributed by atoms with van der Waals surface area (Å²) in [5.74, 6) is 0.441. The van der Waals surface area contributed by atoms with Crippen molar-refractivity contribution in [2.75, 3.05) is 7.11 Å². The second-order valence-corrected chi connectivity index (χ2v) is 6.73. The van der Waals surface area contributed by atoms with Gasteiger partial charge in [-0.25, -0.2) is 0 Å². The van der Waals surface area contributed by atoms with Gasteiger partial charge < -0.3 is 9.47 Å². The van der Waals surface area contributed by atoms with Gasteiger partial charge in [0.05, 0.1) is 24.2 Å². The topological polar surface area (TPSA) is 59.3 Å². The fourth-order valence-electron chi connectivity index (χ4n) is 2.93. The molecule has 1 saturated carbocycles. The molecule has 1 fully saturated rings. The second kappa shape index (κ2) is 6.66. The number of hydrogen-bond donors (Lipinski definition) is 0. The standard InChI is InChI=1S/C19H16BrNO3/c1-23-17-11-13(12-21)3-8-16(17)24-18(22)19(9-2-10-19)14-4-6-15(20)7-5-14/h3-8,11H,2,9-10H2,1H3. The van der Waals surface area contributed by atoms with Gasteiger partial charge in [0.2, 0.25) is 0 Å². The third kappa shape index (κ3) is 2.90. The molecule has 0 atom stereocenters. The number of methoxy groups -OCH3 is 1. The smallest absolute Gasteiger partial charge is 0.322 e. The van der Waals surface area contributed by atoms with E-state index in [1.54, 1.807) is 18.2 Å². The van der Waals surface area contributed by atoms with Crippen LogP contribution in [0.2, 0.25) is 0 Å². The first-order valence-electron chi connectivity index (χ1n) is 7.65. The van der Waals surface area contributed by atoms with Gasteiger partial charge in [-0.15, -0.1) is 0 Å². The first kappa shape index (κ1) is 16.5. The molecule has 122 valence electrons. The van der Waals surface area contributed by atoms with Crippen LogP contribution in [0.3, 0.4) is 0 Å². The molecule has 0 spiro atoms. The van der Waals surface area contributed by atoms with E-state index < -0.39 is 5.41 Å². The highest BCUT2D eigenvalue weighted by atomic mass is 79.9. The van der Waals surface area contributed by atoms with E-state index in [2.05, 4.69) is 15.9 Å². The maximum Gasteiger partial charge on any atom is 0.322 e. The van der Waals surface area contributed by atoms with Crippen LogP contribution < -0.4 is 9.47 Å². The van der Waals surface area contributed by atoms with Crippen LogP contribution in [0.1, 0.15) is 30.4 Å². The van der Waals surface area contributed by atoms with Crippen molar-refractivity contribution in [1.82, 2.24) is 0 Å². The van der Waals surface area contributed by atoms with Crippen LogP contribution in [0.5, 0.6) is 11.5 Å². The predicted molar refractivity (Wildman–Crippen MR) is 93.0 cm³/mol. The number of ether oxygens (including phenoxy) is 2. The Morgan fingerprint density at radius 1 is 1.17 bits per heavy atom. The Morgan fingerprint density at radius 3 is 2.42 bits per heavy atom. The maximum atomic E-state index is 12.9. The van der Waals surface area contributed by atoms with Gasteiger partial charge in [-0.3, -0.25) is 4.79 Å². The summed E-state index contributed by atoms with van der Waals surface area (Å²) in [4.78, 5) is 12.9. The first-order valence-corrected chi connectivity index (χ1v) is 8.45. The lowest BCUT2D eigenvalue weighted by atomic mass is 9.64. The molecule has 0 saturated heterocycles. The number of hydrogen-bond acceptors (Lipinski definition) is 4. The normalized spacial score (nSPS) is 15.0. The Labute approximate surface area is 149 Å². The number of nitriles is 1. The molecule has 0 N–H and O–H groups in total. The van der Waals surface area contributed by atoms with Gasteiger partial charge in [0, 0.05) is 10.5 Å². The molecule has 2 aromatic rings. The van der Waals surface area contributed by atoms with E-state index in [0.717, 1.165) is 29.3 Å². The van der Waals surface area contributed by atoms with E-state index in [9.17, 15) is 4.79 Å². The Balaban J connectivity index is 1.88. The molecular weight excluding hydrogens is 370 g/mol. The van der Waals surface area contributed by atoms with Crippen LogP contribution in [0, 0.1) is 11.3 Å². The van der Waals surface area contributed by atoms with E-state index in [4.69, 9.17) is 14.7 Å². The SMILES string of the molecule is COc1cc(C#N)ccc1OC(=O)C1(c2ccc(Br)cc2)CCC1. The van der Waals surface area contributed by atoms with Gasteiger partial charge in [0.25, 0.3) is 0 Å². The summed E-state index contributed by atoms with van der Waals surface area (Å²) in [5.41, 5.74) is 0.826. The monoisotopic (exact) mass is 385 g/mol. The Bertz CT molecular complexity index is 804. The fourth-order valence-corrected chi connectivity index (χ4v) is 3.19. The predicted octanol–water partition coefficient (Wildman–Crippen LogP) is 4.36. The molecule has 1 aliphatic carbocycles. The van der Waals surface area contributed by atoms with Crippen molar-refractivity contribution in [2.24, 2.45) is 0 Å². The highest BCUT2D eigenvalue weighted by molar-refractivity contribution is 9.10. The molecular formula is C19H16BrNO3. The van der Waals surface area contributed by atoms with Crippen molar-refractivity contribution in [2.45, 2.75) is 24.7 Å².